The van der Waals surface area contributed by atoms with E-state index in [1.165, 1.54) is 25.3 Å². The van der Waals surface area contributed by atoms with Crippen molar-refractivity contribution in [1.82, 2.24) is 5.32 Å². The van der Waals surface area contributed by atoms with Crippen LogP contribution < -0.4 is 5.32 Å². The monoisotopic (exact) mass is 318 g/mol. The van der Waals surface area contributed by atoms with Gasteiger partial charge in [-0.25, -0.2) is 0 Å². The molecule has 1 aromatic carbocycles. The summed E-state index contributed by atoms with van der Waals surface area (Å²) in [5.41, 5.74) is 1.66. The zero-order valence-electron chi connectivity index (χ0n) is 12.9. The molecule has 0 saturated heterocycles. The van der Waals surface area contributed by atoms with E-state index in [4.69, 9.17) is 0 Å². The van der Waals surface area contributed by atoms with Crippen LogP contribution in [-0.4, -0.2) is 23.8 Å². The molecular weight excluding hydrogens is 300 g/mol. The van der Waals surface area contributed by atoms with Gasteiger partial charge in [-0.15, -0.1) is 0 Å². The van der Waals surface area contributed by atoms with E-state index in [2.05, 4.69) is 10.1 Å². The number of nitro groups is 1. The van der Waals surface area contributed by atoms with Gasteiger partial charge in [0.25, 0.3) is 5.69 Å². The first-order valence-electron chi connectivity index (χ1n) is 7.22. The fourth-order valence-electron chi connectivity index (χ4n) is 2.62. The molecule has 23 heavy (non-hydrogen) atoms. The van der Waals surface area contributed by atoms with Gasteiger partial charge in [0.15, 0.2) is 5.78 Å². The minimum absolute atomic E-state index is 0.0374. The zero-order valence-corrected chi connectivity index (χ0v) is 12.9. The van der Waals surface area contributed by atoms with Gasteiger partial charge in [0, 0.05) is 30.5 Å². The highest BCUT2D eigenvalue weighted by Gasteiger charge is 2.35. The first-order valence-corrected chi connectivity index (χ1v) is 7.22. The molecule has 0 amide bonds. The summed E-state index contributed by atoms with van der Waals surface area (Å²) in [6.45, 7) is 2.28. The lowest BCUT2D eigenvalue weighted by Crippen LogP contribution is -2.35. The van der Waals surface area contributed by atoms with E-state index in [1.54, 1.807) is 12.1 Å². The van der Waals surface area contributed by atoms with Crippen molar-refractivity contribution < 1.29 is 19.2 Å². The van der Waals surface area contributed by atoms with E-state index in [-0.39, 0.29) is 17.4 Å². The molecule has 0 fully saturated rings. The second-order valence-electron chi connectivity index (χ2n) is 5.53. The van der Waals surface area contributed by atoms with Gasteiger partial charge in [0.1, 0.15) is 5.92 Å². The first kappa shape index (κ1) is 16.7. The number of nitro benzene ring substituents is 1. The number of methoxy groups -OCH3 is 1. The average molecular weight is 318 g/mol. The quantitative estimate of drug-likeness (QED) is 0.386. The summed E-state index contributed by atoms with van der Waals surface area (Å²) in [6.07, 6.45) is 2.01. The number of esters is 1. The van der Waals surface area contributed by atoms with Crippen LogP contribution in [0.25, 0.3) is 0 Å². The average Bonchev–Trinajstić information content (AvgIpc) is 2.52. The lowest BCUT2D eigenvalue weighted by molar-refractivity contribution is -0.384. The van der Waals surface area contributed by atoms with Gasteiger partial charge in [-0.2, -0.15) is 0 Å². The van der Waals surface area contributed by atoms with Crippen molar-refractivity contribution in [2.45, 2.75) is 19.9 Å². The number of ether oxygens (including phenoxy) is 1. The highest BCUT2D eigenvalue weighted by Crippen LogP contribution is 2.27. The van der Waals surface area contributed by atoms with Crippen LogP contribution in [-0.2, 0) is 20.9 Å². The Balaban J connectivity index is 2.00. The maximum absolute atomic E-state index is 12.1. The minimum Gasteiger partial charge on any atom is -0.468 e. The predicted octanol–water partition coefficient (Wildman–Crippen LogP) is 1.97. The molecule has 7 heteroatoms. The number of nitrogens with one attached hydrogen (secondary N) is 1. The molecule has 0 aromatic heterocycles. The van der Waals surface area contributed by atoms with E-state index >= 15 is 0 Å². The number of ketones is 1. The summed E-state index contributed by atoms with van der Waals surface area (Å²) < 4.78 is 4.66. The Morgan fingerprint density at radius 3 is 2.57 bits per heavy atom. The fraction of sp³-hybridized carbons (Fsp3) is 0.375. The summed E-state index contributed by atoms with van der Waals surface area (Å²) in [5.74, 6) is -1.65. The van der Waals surface area contributed by atoms with Crippen LogP contribution in [0.1, 0.15) is 18.9 Å². The van der Waals surface area contributed by atoms with Gasteiger partial charge < -0.3 is 10.1 Å². The minimum atomic E-state index is -0.745. The van der Waals surface area contributed by atoms with E-state index in [0.717, 1.165) is 11.3 Å². The van der Waals surface area contributed by atoms with Gasteiger partial charge in [-0.3, -0.25) is 19.7 Å². The Labute approximate surface area is 133 Å². The summed E-state index contributed by atoms with van der Waals surface area (Å²) >= 11 is 0. The number of benzene rings is 1. The lowest BCUT2D eigenvalue weighted by Gasteiger charge is -2.26. The summed E-state index contributed by atoms with van der Waals surface area (Å²) in [5, 5.41) is 13.7. The van der Waals surface area contributed by atoms with Gasteiger partial charge in [-0.1, -0.05) is 19.1 Å². The normalized spacial score (nSPS) is 20.6. The first-order chi connectivity index (χ1) is 10.9. The summed E-state index contributed by atoms with van der Waals surface area (Å²) in [4.78, 5) is 33.8. The van der Waals surface area contributed by atoms with E-state index in [1.807, 2.05) is 6.92 Å². The Hall–Kier alpha value is -2.70. The maximum atomic E-state index is 12.1. The molecule has 1 N–H and O–H groups in total. The summed E-state index contributed by atoms with van der Waals surface area (Å²) in [6, 6.07) is 6.20. The van der Waals surface area contributed by atoms with Crippen LogP contribution in [0.15, 0.2) is 36.0 Å². The number of hydrogen-bond donors (Lipinski definition) is 1. The van der Waals surface area contributed by atoms with Crippen molar-refractivity contribution >= 4 is 17.4 Å². The van der Waals surface area contributed by atoms with E-state index in [9.17, 15) is 19.7 Å². The van der Waals surface area contributed by atoms with Crippen LogP contribution in [0.3, 0.4) is 0 Å². The van der Waals surface area contributed by atoms with E-state index < -0.39 is 16.8 Å². The third kappa shape index (κ3) is 3.94. The Morgan fingerprint density at radius 1 is 1.39 bits per heavy atom. The second kappa shape index (κ2) is 7.04. The molecule has 0 heterocycles. The molecule has 1 aliphatic carbocycles. The van der Waals surface area contributed by atoms with Crippen LogP contribution in [0.5, 0.6) is 0 Å². The van der Waals surface area contributed by atoms with Crippen LogP contribution in [0.4, 0.5) is 5.69 Å². The van der Waals surface area contributed by atoms with Crippen molar-refractivity contribution in [1.29, 1.82) is 0 Å². The number of carbonyl (C=O) groups is 2. The molecule has 0 bridgehead atoms. The molecule has 0 spiro atoms. The molecule has 122 valence electrons. The van der Waals surface area contributed by atoms with Gasteiger partial charge in [0.05, 0.1) is 12.0 Å². The molecule has 1 aromatic rings. The van der Waals surface area contributed by atoms with Crippen LogP contribution in [0, 0.1) is 22.0 Å². The standard InChI is InChI=1S/C16H18N2O5/c1-10-7-12(8-14(19)15(10)16(20)23-2)17-9-11-3-5-13(6-4-11)18(21)22/h3-6,8,10,15,17H,7,9H2,1-2H3/t10-,15+/m1/s1. The van der Waals surface area contributed by atoms with Crippen molar-refractivity contribution in [3.63, 3.8) is 0 Å². The highest BCUT2D eigenvalue weighted by molar-refractivity contribution is 6.06. The number of allylic oxidation sites excluding steroid dienone is 2. The maximum Gasteiger partial charge on any atom is 0.316 e. The molecule has 0 saturated carbocycles. The van der Waals surface area contributed by atoms with Crippen molar-refractivity contribution in [3.8, 4) is 0 Å². The van der Waals surface area contributed by atoms with Crippen LogP contribution >= 0.6 is 0 Å². The SMILES string of the molecule is COC(=O)[C@@H]1C(=O)C=C(NCc2ccc([N+](=O)[O-])cc2)C[C@H]1C. The van der Waals surface area contributed by atoms with Crippen molar-refractivity contribution in [2.24, 2.45) is 11.8 Å². The van der Waals surface area contributed by atoms with E-state index in [0.29, 0.717) is 13.0 Å². The Kier molecular flexibility index (Phi) is 5.10. The number of nitrogens with zero attached hydrogens (tertiary/aromatic N) is 1. The molecular formula is C16H18N2O5. The second-order valence-corrected chi connectivity index (χ2v) is 5.53. The number of hydrogen-bond acceptors (Lipinski definition) is 6. The smallest absolute Gasteiger partial charge is 0.316 e. The third-order valence-corrected chi connectivity index (χ3v) is 3.86. The highest BCUT2D eigenvalue weighted by atomic mass is 16.6. The molecule has 0 aliphatic heterocycles. The van der Waals surface area contributed by atoms with Crippen LogP contribution in [0.2, 0.25) is 0 Å². The molecule has 2 atom stereocenters. The Bertz CT molecular complexity index is 651. The lowest BCUT2D eigenvalue weighted by atomic mass is 9.82. The third-order valence-electron chi connectivity index (χ3n) is 3.86. The molecule has 1 aliphatic rings. The number of rotatable bonds is 5. The number of carbonyl (C=O) groups excluding carboxylic acids is 2. The largest absolute Gasteiger partial charge is 0.468 e. The van der Waals surface area contributed by atoms with Crippen molar-refractivity contribution in [3.05, 3.63) is 51.7 Å². The predicted molar refractivity (Wildman–Crippen MR) is 82.3 cm³/mol. The molecule has 2 rings (SSSR count). The number of non-ortho nitro benzene ring substituents is 1. The topological polar surface area (TPSA) is 98.5 Å². The van der Waals surface area contributed by atoms with Crippen molar-refractivity contribution in [2.75, 3.05) is 7.11 Å². The molecule has 0 radical (unpaired) electrons. The van der Waals surface area contributed by atoms with Gasteiger partial charge in [0.2, 0.25) is 0 Å². The molecule has 0 unspecified atom stereocenters. The fourth-order valence-corrected chi connectivity index (χ4v) is 2.62. The van der Waals surface area contributed by atoms with Gasteiger partial charge in [-0.05, 0) is 17.9 Å². The summed E-state index contributed by atoms with van der Waals surface area (Å²) in [7, 11) is 1.27. The molecule has 7 nitrogen and oxygen atoms in total. The Morgan fingerprint density at radius 2 is 2.04 bits per heavy atom. The van der Waals surface area contributed by atoms with Gasteiger partial charge >= 0.3 is 5.97 Å². The zero-order chi connectivity index (χ0) is 17.0.